The molecule has 0 bridgehead atoms. The summed E-state index contributed by atoms with van der Waals surface area (Å²) in [5.74, 6) is 1.02. The van der Waals surface area contributed by atoms with Crippen LogP contribution >= 0.6 is 0 Å². The van der Waals surface area contributed by atoms with Gasteiger partial charge in [-0.05, 0) is 45.2 Å². The lowest BCUT2D eigenvalue weighted by atomic mass is 9.77. The van der Waals surface area contributed by atoms with E-state index in [9.17, 15) is 4.79 Å². The fourth-order valence-corrected chi connectivity index (χ4v) is 3.20. The Kier molecular flexibility index (Phi) is 4.62. The van der Waals surface area contributed by atoms with Crippen LogP contribution in [0, 0.1) is 11.8 Å². The molecule has 0 aromatic carbocycles. The van der Waals surface area contributed by atoms with Crippen molar-refractivity contribution >= 4 is 5.91 Å². The second-order valence-electron chi connectivity index (χ2n) is 6.14. The average Bonchev–Trinajstić information content (AvgIpc) is 2.56. The van der Waals surface area contributed by atoms with Crippen LogP contribution < -0.4 is 5.73 Å². The van der Waals surface area contributed by atoms with E-state index < -0.39 is 0 Å². The molecule has 104 valence electrons. The second-order valence-corrected chi connectivity index (χ2v) is 6.14. The molecule has 1 heterocycles. The number of hydrogen-bond acceptors (Lipinski definition) is 3. The molecule has 2 aliphatic rings. The van der Waals surface area contributed by atoms with Crippen LogP contribution in [0.4, 0.5) is 0 Å². The molecule has 4 nitrogen and oxygen atoms in total. The van der Waals surface area contributed by atoms with E-state index in [4.69, 9.17) is 5.73 Å². The van der Waals surface area contributed by atoms with Crippen LogP contribution in [0.3, 0.4) is 0 Å². The van der Waals surface area contributed by atoms with Crippen molar-refractivity contribution in [2.45, 2.75) is 38.6 Å². The molecule has 0 aromatic rings. The summed E-state index contributed by atoms with van der Waals surface area (Å²) in [5.41, 5.74) is 6.03. The van der Waals surface area contributed by atoms with Crippen LogP contribution in [0.15, 0.2) is 0 Å². The molecule has 1 aliphatic carbocycles. The normalized spacial score (nSPS) is 35.3. The first-order chi connectivity index (χ1) is 8.58. The van der Waals surface area contributed by atoms with Gasteiger partial charge in [-0.3, -0.25) is 4.79 Å². The second kappa shape index (κ2) is 6.02. The molecule has 2 rings (SSSR count). The number of amides is 1. The van der Waals surface area contributed by atoms with E-state index in [1.165, 1.54) is 0 Å². The van der Waals surface area contributed by atoms with Crippen molar-refractivity contribution < 1.29 is 4.79 Å². The Morgan fingerprint density at radius 3 is 2.72 bits per heavy atom. The van der Waals surface area contributed by atoms with Crippen LogP contribution in [0.5, 0.6) is 0 Å². The predicted octanol–water partition coefficient (Wildman–Crippen LogP) is 0.914. The molecule has 1 saturated heterocycles. The zero-order valence-electron chi connectivity index (χ0n) is 11.8. The highest BCUT2D eigenvalue weighted by Gasteiger charge is 2.34. The highest BCUT2D eigenvalue weighted by Crippen LogP contribution is 2.30. The van der Waals surface area contributed by atoms with Gasteiger partial charge in [0.1, 0.15) is 0 Å². The van der Waals surface area contributed by atoms with Gasteiger partial charge in [-0.1, -0.05) is 6.92 Å². The number of nitrogens with two attached hydrogens (primary N) is 1. The smallest absolute Gasteiger partial charge is 0.226 e. The fourth-order valence-electron chi connectivity index (χ4n) is 3.20. The molecule has 1 saturated carbocycles. The van der Waals surface area contributed by atoms with Gasteiger partial charge in [0.05, 0.1) is 0 Å². The van der Waals surface area contributed by atoms with Crippen molar-refractivity contribution in [3.05, 3.63) is 0 Å². The minimum absolute atomic E-state index is 0.164. The molecule has 4 heteroatoms. The lowest BCUT2D eigenvalue weighted by Crippen LogP contribution is -2.45. The van der Waals surface area contributed by atoms with Crippen LogP contribution in [0.1, 0.15) is 32.6 Å². The highest BCUT2D eigenvalue weighted by atomic mass is 16.2. The Labute approximate surface area is 110 Å². The summed E-state index contributed by atoms with van der Waals surface area (Å²) in [5, 5.41) is 0. The van der Waals surface area contributed by atoms with E-state index in [-0.39, 0.29) is 12.0 Å². The minimum atomic E-state index is 0.164. The molecule has 0 aromatic heterocycles. The fraction of sp³-hybridized carbons (Fsp3) is 0.929. The first-order valence-corrected chi connectivity index (χ1v) is 7.31. The Hall–Kier alpha value is -0.610. The Morgan fingerprint density at radius 2 is 1.94 bits per heavy atom. The molecule has 3 atom stereocenters. The molecular weight excluding hydrogens is 226 g/mol. The summed E-state index contributed by atoms with van der Waals surface area (Å²) in [6, 6.07) is 0.227. The van der Waals surface area contributed by atoms with Gasteiger partial charge in [-0.2, -0.15) is 0 Å². The van der Waals surface area contributed by atoms with Gasteiger partial charge in [-0.25, -0.2) is 0 Å². The maximum absolute atomic E-state index is 12.6. The van der Waals surface area contributed by atoms with Gasteiger partial charge in [0, 0.05) is 31.6 Å². The van der Waals surface area contributed by atoms with E-state index in [1.54, 1.807) is 0 Å². The van der Waals surface area contributed by atoms with E-state index in [1.807, 2.05) is 0 Å². The Balaban J connectivity index is 1.96. The molecule has 1 amide bonds. The summed E-state index contributed by atoms with van der Waals surface area (Å²) in [6.45, 7) is 6.11. The molecule has 3 unspecified atom stereocenters. The van der Waals surface area contributed by atoms with Gasteiger partial charge in [0.15, 0.2) is 0 Å². The summed E-state index contributed by atoms with van der Waals surface area (Å²) < 4.78 is 0. The average molecular weight is 253 g/mol. The van der Waals surface area contributed by atoms with Crippen molar-refractivity contribution in [1.29, 1.82) is 0 Å². The quantitative estimate of drug-likeness (QED) is 0.756. The summed E-state index contributed by atoms with van der Waals surface area (Å²) in [6.07, 6.45) is 4.15. The zero-order valence-corrected chi connectivity index (χ0v) is 11.8. The maximum Gasteiger partial charge on any atom is 0.226 e. The SMILES string of the molecule is CC1CCC(N)CC1C(=O)N1CCCN(C)CC1. The largest absolute Gasteiger partial charge is 0.341 e. The number of carbonyl (C=O) groups excluding carboxylic acids is 1. The van der Waals surface area contributed by atoms with Gasteiger partial charge < -0.3 is 15.5 Å². The minimum Gasteiger partial charge on any atom is -0.341 e. The lowest BCUT2D eigenvalue weighted by Gasteiger charge is -2.35. The summed E-state index contributed by atoms with van der Waals surface area (Å²) in [4.78, 5) is 17.0. The Morgan fingerprint density at radius 1 is 1.17 bits per heavy atom. The van der Waals surface area contributed by atoms with Crippen LogP contribution in [-0.2, 0) is 4.79 Å². The topological polar surface area (TPSA) is 49.6 Å². The molecular formula is C14H27N3O. The first-order valence-electron chi connectivity index (χ1n) is 7.31. The number of nitrogens with zero attached hydrogens (tertiary/aromatic N) is 2. The third-order valence-electron chi connectivity index (χ3n) is 4.58. The van der Waals surface area contributed by atoms with E-state index in [0.717, 1.165) is 51.9 Å². The number of likely N-dealkylation sites (N-methyl/N-ethyl adjacent to an activating group) is 1. The van der Waals surface area contributed by atoms with Gasteiger partial charge in [0.2, 0.25) is 5.91 Å². The summed E-state index contributed by atoms with van der Waals surface area (Å²) in [7, 11) is 2.13. The molecule has 18 heavy (non-hydrogen) atoms. The number of carbonyl (C=O) groups is 1. The van der Waals surface area contributed by atoms with E-state index >= 15 is 0 Å². The van der Waals surface area contributed by atoms with Gasteiger partial charge in [0.25, 0.3) is 0 Å². The van der Waals surface area contributed by atoms with Crippen LogP contribution in [-0.4, -0.2) is 55.0 Å². The standard InChI is InChI=1S/C14H27N3O/c1-11-4-5-12(15)10-13(11)14(18)17-7-3-6-16(2)8-9-17/h11-13H,3-10,15H2,1-2H3. The van der Waals surface area contributed by atoms with Crippen LogP contribution in [0.2, 0.25) is 0 Å². The zero-order chi connectivity index (χ0) is 13.1. The first kappa shape index (κ1) is 13.8. The highest BCUT2D eigenvalue weighted by molar-refractivity contribution is 5.79. The monoisotopic (exact) mass is 253 g/mol. The van der Waals surface area contributed by atoms with Crippen molar-refractivity contribution in [3.63, 3.8) is 0 Å². The molecule has 2 N–H and O–H groups in total. The third-order valence-corrected chi connectivity index (χ3v) is 4.58. The number of rotatable bonds is 1. The van der Waals surface area contributed by atoms with Crippen molar-refractivity contribution in [1.82, 2.24) is 9.80 Å². The van der Waals surface area contributed by atoms with E-state index in [0.29, 0.717) is 11.8 Å². The number of hydrogen-bond donors (Lipinski definition) is 1. The van der Waals surface area contributed by atoms with Gasteiger partial charge >= 0.3 is 0 Å². The predicted molar refractivity (Wildman–Crippen MR) is 73.2 cm³/mol. The molecule has 2 fully saturated rings. The van der Waals surface area contributed by atoms with Crippen LogP contribution in [0.25, 0.3) is 0 Å². The molecule has 0 radical (unpaired) electrons. The van der Waals surface area contributed by atoms with Crippen molar-refractivity contribution in [2.24, 2.45) is 17.6 Å². The Bertz CT molecular complexity index is 295. The molecule has 1 aliphatic heterocycles. The van der Waals surface area contributed by atoms with E-state index in [2.05, 4.69) is 23.8 Å². The molecule has 0 spiro atoms. The van der Waals surface area contributed by atoms with Gasteiger partial charge in [-0.15, -0.1) is 0 Å². The summed E-state index contributed by atoms with van der Waals surface area (Å²) >= 11 is 0. The van der Waals surface area contributed by atoms with Crippen molar-refractivity contribution in [3.8, 4) is 0 Å². The maximum atomic E-state index is 12.6. The lowest BCUT2D eigenvalue weighted by molar-refractivity contribution is -0.138. The third kappa shape index (κ3) is 3.23. The van der Waals surface area contributed by atoms with Crippen molar-refractivity contribution in [2.75, 3.05) is 33.2 Å².